The van der Waals surface area contributed by atoms with E-state index in [1.807, 2.05) is 31.2 Å². The topological polar surface area (TPSA) is 38.3 Å². The van der Waals surface area contributed by atoms with Gasteiger partial charge >= 0.3 is 0 Å². The van der Waals surface area contributed by atoms with Crippen molar-refractivity contribution in [2.75, 3.05) is 13.2 Å². The highest BCUT2D eigenvalue weighted by Crippen LogP contribution is 2.19. The molecule has 0 fully saturated rings. The third-order valence-electron chi connectivity index (χ3n) is 2.71. The summed E-state index contributed by atoms with van der Waals surface area (Å²) in [6.45, 7) is 5.45. The van der Waals surface area contributed by atoms with Crippen LogP contribution in [0.4, 0.5) is 0 Å². The van der Waals surface area contributed by atoms with Crippen molar-refractivity contribution in [2.24, 2.45) is 0 Å². The average molecular weight is 261 g/mol. The molecule has 0 saturated carbocycles. The molecule has 3 nitrogen and oxygen atoms in total. The number of benzene rings is 1. The van der Waals surface area contributed by atoms with E-state index >= 15 is 0 Å². The molecule has 1 N–H and O–H groups in total. The van der Waals surface area contributed by atoms with Gasteiger partial charge in [-0.15, -0.1) is 0 Å². The first-order valence-electron chi connectivity index (χ1n) is 6.95. The maximum Gasteiger partial charge on any atom is 0.244 e. The number of hydrogen-bond donors (Lipinski definition) is 1. The predicted octanol–water partition coefficient (Wildman–Crippen LogP) is 3.40. The van der Waals surface area contributed by atoms with E-state index in [2.05, 4.69) is 12.2 Å². The molecule has 1 amide bonds. The van der Waals surface area contributed by atoms with Crippen LogP contribution in [-0.2, 0) is 4.79 Å². The van der Waals surface area contributed by atoms with Crippen molar-refractivity contribution in [3.05, 3.63) is 35.9 Å². The minimum Gasteiger partial charge on any atom is -0.493 e. The monoisotopic (exact) mass is 261 g/mol. The van der Waals surface area contributed by atoms with Gasteiger partial charge in [0.05, 0.1) is 6.61 Å². The Hall–Kier alpha value is -1.77. The van der Waals surface area contributed by atoms with Gasteiger partial charge in [0.25, 0.3) is 0 Å². The Morgan fingerprint density at radius 3 is 2.79 bits per heavy atom. The van der Waals surface area contributed by atoms with Gasteiger partial charge in [0, 0.05) is 18.2 Å². The van der Waals surface area contributed by atoms with E-state index in [9.17, 15) is 4.79 Å². The van der Waals surface area contributed by atoms with Crippen molar-refractivity contribution in [1.82, 2.24) is 5.32 Å². The van der Waals surface area contributed by atoms with Gasteiger partial charge in [0.1, 0.15) is 5.75 Å². The molecule has 0 unspecified atom stereocenters. The number of carbonyl (C=O) groups excluding carboxylic acids is 1. The molecule has 0 radical (unpaired) electrons. The molecule has 0 aliphatic rings. The number of nitrogens with one attached hydrogen (secondary N) is 1. The largest absolute Gasteiger partial charge is 0.493 e. The molecule has 0 spiro atoms. The lowest BCUT2D eigenvalue weighted by Gasteiger charge is -2.06. The number of ether oxygens (including phenoxy) is 1. The maximum atomic E-state index is 11.6. The molecule has 1 aromatic carbocycles. The Morgan fingerprint density at radius 2 is 2.05 bits per heavy atom. The Balaban J connectivity index is 2.49. The second-order valence-electron chi connectivity index (χ2n) is 4.30. The maximum absolute atomic E-state index is 11.6. The SMILES string of the molecule is CCCCCNC(=O)/C=C/c1ccccc1OCC. The molecule has 0 saturated heterocycles. The summed E-state index contributed by atoms with van der Waals surface area (Å²) < 4.78 is 5.50. The van der Waals surface area contributed by atoms with Crippen LogP contribution in [0, 0.1) is 0 Å². The van der Waals surface area contributed by atoms with Crippen LogP contribution in [0.3, 0.4) is 0 Å². The third kappa shape index (κ3) is 6.09. The number of unbranched alkanes of at least 4 members (excludes halogenated alkanes) is 2. The lowest BCUT2D eigenvalue weighted by atomic mass is 10.2. The zero-order valence-corrected chi connectivity index (χ0v) is 11.8. The van der Waals surface area contributed by atoms with Gasteiger partial charge in [-0.3, -0.25) is 4.79 Å². The Kier molecular flexibility index (Phi) is 7.40. The summed E-state index contributed by atoms with van der Waals surface area (Å²) in [6, 6.07) is 7.70. The van der Waals surface area contributed by atoms with Crippen molar-refractivity contribution < 1.29 is 9.53 Å². The number of amides is 1. The van der Waals surface area contributed by atoms with E-state index < -0.39 is 0 Å². The van der Waals surface area contributed by atoms with E-state index in [0.29, 0.717) is 6.61 Å². The molecular weight excluding hydrogens is 238 g/mol. The smallest absolute Gasteiger partial charge is 0.244 e. The van der Waals surface area contributed by atoms with E-state index in [4.69, 9.17) is 4.74 Å². The first-order valence-corrected chi connectivity index (χ1v) is 6.95. The van der Waals surface area contributed by atoms with Crippen LogP contribution >= 0.6 is 0 Å². The molecule has 3 heteroatoms. The van der Waals surface area contributed by atoms with Crippen molar-refractivity contribution in [1.29, 1.82) is 0 Å². The quantitative estimate of drug-likeness (QED) is 0.575. The summed E-state index contributed by atoms with van der Waals surface area (Å²) in [5, 5.41) is 2.87. The van der Waals surface area contributed by atoms with E-state index in [1.54, 1.807) is 12.2 Å². The average Bonchev–Trinajstić information content (AvgIpc) is 2.43. The fraction of sp³-hybridized carbons (Fsp3) is 0.438. The molecule has 0 bridgehead atoms. The zero-order chi connectivity index (χ0) is 13.9. The molecule has 0 aliphatic heterocycles. The predicted molar refractivity (Wildman–Crippen MR) is 79.2 cm³/mol. The lowest BCUT2D eigenvalue weighted by Crippen LogP contribution is -2.21. The number of para-hydroxylation sites is 1. The van der Waals surface area contributed by atoms with E-state index in [1.165, 1.54) is 0 Å². The van der Waals surface area contributed by atoms with Gasteiger partial charge in [0.15, 0.2) is 0 Å². The fourth-order valence-electron chi connectivity index (χ4n) is 1.72. The second-order valence-corrected chi connectivity index (χ2v) is 4.30. The van der Waals surface area contributed by atoms with Gasteiger partial charge < -0.3 is 10.1 Å². The summed E-state index contributed by atoms with van der Waals surface area (Å²) >= 11 is 0. The van der Waals surface area contributed by atoms with Gasteiger partial charge in [-0.25, -0.2) is 0 Å². The minimum atomic E-state index is -0.0533. The van der Waals surface area contributed by atoms with Crippen LogP contribution < -0.4 is 10.1 Å². The summed E-state index contributed by atoms with van der Waals surface area (Å²) in [6.07, 6.45) is 6.69. The van der Waals surface area contributed by atoms with E-state index in [0.717, 1.165) is 37.1 Å². The van der Waals surface area contributed by atoms with E-state index in [-0.39, 0.29) is 5.91 Å². The van der Waals surface area contributed by atoms with Crippen LogP contribution in [0.2, 0.25) is 0 Å². The Labute approximate surface area is 115 Å². The molecule has 0 atom stereocenters. The lowest BCUT2D eigenvalue weighted by molar-refractivity contribution is -0.116. The highest BCUT2D eigenvalue weighted by molar-refractivity contribution is 5.92. The molecule has 104 valence electrons. The summed E-state index contributed by atoms with van der Waals surface area (Å²) in [5.41, 5.74) is 0.924. The summed E-state index contributed by atoms with van der Waals surface area (Å²) in [4.78, 5) is 11.6. The van der Waals surface area contributed by atoms with Crippen LogP contribution in [0.5, 0.6) is 5.75 Å². The Bertz CT molecular complexity index is 413. The molecular formula is C16H23NO2. The molecule has 19 heavy (non-hydrogen) atoms. The Morgan fingerprint density at radius 1 is 1.26 bits per heavy atom. The fourth-order valence-corrected chi connectivity index (χ4v) is 1.72. The third-order valence-corrected chi connectivity index (χ3v) is 2.71. The molecule has 1 aromatic rings. The van der Waals surface area contributed by atoms with Crippen molar-refractivity contribution in [3.63, 3.8) is 0 Å². The van der Waals surface area contributed by atoms with Crippen LogP contribution in [-0.4, -0.2) is 19.1 Å². The summed E-state index contributed by atoms with van der Waals surface area (Å²) in [5.74, 6) is 0.752. The number of hydrogen-bond acceptors (Lipinski definition) is 2. The zero-order valence-electron chi connectivity index (χ0n) is 11.8. The molecule has 1 rings (SSSR count). The van der Waals surface area contributed by atoms with Gasteiger partial charge in [-0.05, 0) is 25.5 Å². The standard InChI is InChI=1S/C16H23NO2/c1-3-5-8-13-17-16(18)12-11-14-9-6-7-10-15(14)19-4-2/h6-7,9-12H,3-5,8,13H2,1-2H3,(H,17,18)/b12-11+. The first kappa shape index (κ1) is 15.3. The second kappa shape index (κ2) is 9.20. The first-order chi connectivity index (χ1) is 9.27. The number of carbonyl (C=O) groups is 1. The van der Waals surface area contributed by atoms with Gasteiger partial charge in [-0.2, -0.15) is 0 Å². The van der Waals surface area contributed by atoms with Crippen molar-refractivity contribution in [3.8, 4) is 5.75 Å². The highest BCUT2D eigenvalue weighted by atomic mass is 16.5. The van der Waals surface area contributed by atoms with Gasteiger partial charge in [0.2, 0.25) is 5.91 Å². The van der Waals surface area contributed by atoms with Crippen molar-refractivity contribution in [2.45, 2.75) is 33.1 Å². The summed E-state index contributed by atoms with van der Waals surface area (Å²) in [7, 11) is 0. The van der Waals surface area contributed by atoms with Crippen LogP contribution in [0.25, 0.3) is 6.08 Å². The normalized spacial score (nSPS) is 10.6. The number of rotatable bonds is 8. The highest BCUT2D eigenvalue weighted by Gasteiger charge is 1.99. The minimum absolute atomic E-state index is 0.0533. The van der Waals surface area contributed by atoms with Crippen LogP contribution in [0.15, 0.2) is 30.3 Å². The molecule has 0 aromatic heterocycles. The van der Waals surface area contributed by atoms with Crippen molar-refractivity contribution >= 4 is 12.0 Å². The van der Waals surface area contributed by atoms with Crippen LogP contribution in [0.1, 0.15) is 38.7 Å². The molecule has 0 heterocycles. The molecule has 0 aliphatic carbocycles. The van der Waals surface area contributed by atoms with Gasteiger partial charge in [-0.1, -0.05) is 38.0 Å².